The molecule has 0 aromatic heterocycles. The average molecular weight is 534 g/mol. The van der Waals surface area contributed by atoms with Gasteiger partial charge in [-0.25, -0.2) is 16.8 Å². The van der Waals surface area contributed by atoms with Crippen LogP contribution in [0.4, 0.5) is 11.4 Å². The van der Waals surface area contributed by atoms with E-state index in [1.54, 1.807) is 0 Å². The molecule has 18 heteroatoms. The number of hydrogen-bond donors (Lipinski definition) is 1. The summed E-state index contributed by atoms with van der Waals surface area (Å²) < 4.78 is 65.8. The summed E-state index contributed by atoms with van der Waals surface area (Å²) in [5, 5.41) is 19.2. The number of nitrogens with zero attached hydrogens (tertiary/aromatic N) is 3. The summed E-state index contributed by atoms with van der Waals surface area (Å²) in [7, 11) is -9.39. The van der Waals surface area contributed by atoms with Crippen molar-refractivity contribution in [3.8, 4) is 0 Å². The quantitative estimate of drug-likeness (QED) is 0.210. The Morgan fingerprint density at radius 3 is 1.71 bits per heavy atom. The average Bonchev–Trinajstić information content (AvgIpc) is 3.02. The zero-order valence-electron chi connectivity index (χ0n) is 18.0. The van der Waals surface area contributed by atoms with E-state index in [1.807, 2.05) is 0 Å². The molecule has 0 aliphatic carbocycles. The smallest absolute Gasteiger partial charge is 0.744 e. The molecule has 2 aromatic carbocycles. The molecule has 162 valence electrons. The van der Waals surface area contributed by atoms with Crippen LogP contribution in [-0.4, -0.2) is 49.2 Å². The van der Waals surface area contributed by atoms with Crippen LogP contribution in [0.1, 0.15) is 0 Å². The first kappa shape index (κ1) is 33.3. The summed E-state index contributed by atoms with van der Waals surface area (Å²) in [6, 6.07) is 8.24. The summed E-state index contributed by atoms with van der Waals surface area (Å²) >= 11 is 0. The van der Waals surface area contributed by atoms with Crippen LogP contribution in [-0.2, 0) is 29.8 Å². The van der Waals surface area contributed by atoms with Gasteiger partial charge in [0.2, 0.25) is 0 Å². The summed E-state index contributed by atoms with van der Waals surface area (Å²) in [5.41, 5.74) is 0.900. The van der Waals surface area contributed by atoms with Gasteiger partial charge in [0.25, 0.3) is 0 Å². The first-order valence-electron chi connectivity index (χ1n) is 7.98. The Balaban J connectivity index is 0.00000363. The van der Waals surface area contributed by atoms with Gasteiger partial charge in [0.1, 0.15) is 25.9 Å². The molecular weight excluding hydrogens is 525 g/mol. The molecule has 1 heterocycles. The van der Waals surface area contributed by atoms with Crippen LogP contribution in [0.2, 0.25) is 0 Å². The second kappa shape index (κ2) is 13.0. The van der Waals surface area contributed by atoms with E-state index in [1.165, 1.54) is 0 Å². The second-order valence-electron chi connectivity index (χ2n) is 5.85. The minimum absolute atomic E-state index is 0. The van der Waals surface area contributed by atoms with E-state index < -0.39 is 53.3 Å². The van der Waals surface area contributed by atoms with Gasteiger partial charge in [0.15, 0.2) is 5.71 Å². The Hall–Kier alpha value is -0.660. The predicted octanol–water partition coefficient (Wildman–Crippen LogP) is -10.6. The van der Waals surface area contributed by atoms with Crippen LogP contribution >= 0.6 is 0 Å². The van der Waals surface area contributed by atoms with Gasteiger partial charge in [0, 0.05) is 0 Å². The van der Waals surface area contributed by atoms with E-state index in [0.29, 0.717) is 5.01 Å². The first-order valence-corrected chi connectivity index (χ1v) is 10.8. The number of anilines is 2. The summed E-state index contributed by atoms with van der Waals surface area (Å²) in [5.74, 6) is -2.84. The van der Waals surface area contributed by atoms with Crippen LogP contribution in [0.15, 0.2) is 68.5 Å². The van der Waals surface area contributed by atoms with Crippen molar-refractivity contribution in [3.05, 3.63) is 48.5 Å². The van der Waals surface area contributed by atoms with E-state index in [0.717, 1.165) is 48.5 Å². The van der Waals surface area contributed by atoms with Crippen LogP contribution in [0, 0.1) is 0 Å². The summed E-state index contributed by atoms with van der Waals surface area (Å²) in [6.07, 6.45) is 0. The number of carboxylic acids is 1. The first-order chi connectivity index (χ1) is 14.4. The van der Waals surface area contributed by atoms with Crippen LogP contribution in [0.25, 0.3) is 0 Å². The molecule has 0 saturated carbocycles. The van der Waals surface area contributed by atoms with E-state index in [2.05, 4.69) is 15.6 Å². The van der Waals surface area contributed by atoms with Crippen molar-refractivity contribution in [2.45, 2.75) is 9.79 Å². The van der Waals surface area contributed by atoms with Crippen LogP contribution in [0.3, 0.4) is 0 Å². The van der Waals surface area contributed by atoms with Gasteiger partial charge in [-0.2, -0.15) is 15.2 Å². The van der Waals surface area contributed by atoms with E-state index in [9.17, 15) is 40.6 Å². The fourth-order valence-electron chi connectivity index (χ4n) is 2.38. The number of hydrazone groups is 2. The molecule has 0 spiro atoms. The topological polar surface area (TPSA) is 212 Å². The molecule has 1 amide bonds. The molecule has 0 unspecified atom stereocenters. The molecule has 3 rings (SSSR count). The standard InChI is InChI=1S/C16H12N4O9S2.3Na/c21-15-13(18-17-9-1-5-11(6-2-9)30(24,25)26)14(16(22)23)19-20(15)10-3-7-12(8-4-10)31(27,28)29;;;/h1-8,17H,(H,22,23)(H,24,25,26)(H,27,28,29);;;/q;3*+1/p-3/b18-13+;;;. The van der Waals surface area contributed by atoms with Crippen LogP contribution < -0.4 is 104 Å². The summed E-state index contributed by atoms with van der Waals surface area (Å²) in [6.45, 7) is 0. The van der Waals surface area contributed by atoms with E-state index >= 15 is 0 Å². The molecule has 0 atom stereocenters. The Morgan fingerprint density at radius 1 is 0.853 bits per heavy atom. The molecule has 0 saturated heterocycles. The monoisotopic (exact) mass is 534 g/mol. The van der Waals surface area contributed by atoms with Gasteiger partial charge >= 0.3 is 94.6 Å². The number of hydrogen-bond acceptors (Lipinski definition) is 12. The molecule has 34 heavy (non-hydrogen) atoms. The maximum Gasteiger partial charge on any atom is 1.00 e. The van der Waals surface area contributed by atoms with Crippen molar-refractivity contribution in [2.24, 2.45) is 10.2 Å². The van der Waals surface area contributed by atoms with E-state index in [-0.39, 0.29) is 100 Å². The van der Waals surface area contributed by atoms with Gasteiger partial charge in [-0.1, -0.05) is 0 Å². The SMILES string of the molecule is O=C([O-])C1=NN(c2ccc(S(=O)(=O)[O-])cc2)C(=O)/C1=N/Nc1ccc(S(=O)(=O)[O-])cc1.[Na+].[Na+].[Na+]. The van der Waals surface area contributed by atoms with Crippen molar-refractivity contribution >= 4 is 54.9 Å². The number of aliphatic carboxylic acids is 1. The molecular formula is C16H9N4Na3O9S2. The number of rotatable bonds is 6. The maximum absolute atomic E-state index is 12.6. The van der Waals surface area contributed by atoms with Crippen molar-refractivity contribution < 1.29 is 129 Å². The van der Waals surface area contributed by atoms with Gasteiger partial charge in [0.05, 0.1) is 27.1 Å². The number of nitrogens with one attached hydrogen (secondary N) is 1. The molecule has 13 nitrogen and oxygen atoms in total. The Kier molecular flexibility index (Phi) is 12.8. The number of benzene rings is 2. The minimum atomic E-state index is -4.73. The van der Waals surface area contributed by atoms with Gasteiger partial charge in [-0.05, 0) is 48.5 Å². The fourth-order valence-corrected chi connectivity index (χ4v) is 3.32. The fraction of sp³-hybridized carbons (Fsp3) is 0. The molecule has 0 radical (unpaired) electrons. The number of carbonyl (C=O) groups is 2. The number of carbonyl (C=O) groups excluding carboxylic acids is 2. The molecule has 0 bridgehead atoms. The van der Waals surface area contributed by atoms with Crippen molar-refractivity contribution in [1.82, 2.24) is 0 Å². The third kappa shape index (κ3) is 7.92. The maximum atomic E-state index is 12.6. The second-order valence-corrected chi connectivity index (χ2v) is 8.61. The third-order valence-corrected chi connectivity index (χ3v) is 5.52. The minimum Gasteiger partial charge on any atom is -0.744 e. The van der Waals surface area contributed by atoms with Gasteiger partial charge < -0.3 is 19.0 Å². The van der Waals surface area contributed by atoms with Gasteiger partial charge in [-0.15, -0.1) is 0 Å². The predicted molar refractivity (Wildman–Crippen MR) is 99.8 cm³/mol. The molecule has 1 N–H and O–H groups in total. The normalized spacial score (nSPS) is 14.4. The molecule has 1 aliphatic rings. The Bertz CT molecular complexity index is 1350. The van der Waals surface area contributed by atoms with Crippen LogP contribution in [0.5, 0.6) is 0 Å². The molecule has 2 aromatic rings. The summed E-state index contributed by atoms with van der Waals surface area (Å²) in [4.78, 5) is 22.8. The van der Waals surface area contributed by atoms with Crippen molar-refractivity contribution in [1.29, 1.82) is 0 Å². The van der Waals surface area contributed by atoms with Crippen molar-refractivity contribution in [3.63, 3.8) is 0 Å². The number of carboxylic acid groups (broad SMARTS) is 1. The third-order valence-electron chi connectivity index (χ3n) is 3.82. The molecule has 0 fully saturated rings. The largest absolute Gasteiger partial charge is 1.00 e. The van der Waals surface area contributed by atoms with E-state index in [4.69, 9.17) is 0 Å². The Morgan fingerprint density at radius 2 is 1.29 bits per heavy atom. The zero-order valence-corrected chi connectivity index (χ0v) is 25.6. The zero-order chi connectivity index (χ0) is 23.0. The molecule has 1 aliphatic heterocycles. The Labute approximate surface area is 260 Å². The van der Waals surface area contributed by atoms with Gasteiger partial charge in [-0.3, -0.25) is 10.2 Å². The van der Waals surface area contributed by atoms with Crippen molar-refractivity contribution in [2.75, 3.05) is 10.4 Å². The number of amides is 1.